The summed E-state index contributed by atoms with van der Waals surface area (Å²) in [5, 5.41) is 12.3. The lowest BCUT2D eigenvalue weighted by atomic mass is 9.91. The number of carbonyl (C=O) groups excluding carboxylic acids is 1. The molecule has 27 heavy (non-hydrogen) atoms. The monoisotopic (exact) mass is 390 g/mol. The molecule has 0 spiro atoms. The molecule has 0 aliphatic rings. The van der Waals surface area contributed by atoms with Gasteiger partial charge in [0.05, 0.1) is 23.7 Å². The third-order valence-electron chi connectivity index (χ3n) is 4.06. The molecule has 0 aliphatic heterocycles. The van der Waals surface area contributed by atoms with Crippen LogP contribution in [0.5, 0.6) is 5.75 Å². The summed E-state index contributed by atoms with van der Waals surface area (Å²) in [7, 11) is 0. The van der Waals surface area contributed by atoms with E-state index in [9.17, 15) is 14.7 Å². The maximum atomic E-state index is 12.5. The molecule has 6 nitrogen and oxygen atoms in total. The third kappa shape index (κ3) is 5.79. The van der Waals surface area contributed by atoms with Gasteiger partial charge in [0.1, 0.15) is 10.6 Å². The van der Waals surface area contributed by atoms with Gasteiger partial charge in [-0.05, 0) is 31.0 Å². The van der Waals surface area contributed by atoms with Gasteiger partial charge >= 0.3 is 5.97 Å². The Kier molecular flexibility index (Phi) is 6.96. The van der Waals surface area contributed by atoms with E-state index in [1.807, 2.05) is 52.0 Å². The molecule has 7 heteroatoms. The highest BCUT2D eigenvalue weighted by Gasteiger charge is 2.26. The van der Waals surface area contributed by atoms with Gasteiger partial charge in [-0.25, -0.2) is 4.98 Å². The van der Waals surface area contributed by atoms with Crippen LogP contribution in [0.15, 0.2) is 29.8 Å². The molecule has 1 unspecified atom stereocenters. The first-order valence-corrected chi connectivity index (χ1v) is 9.77. The number of nitrogens with zero attached hydrogens (tertiary/aromatic N) is 1. The number of benzene rings is 1. The first-order chi connectivity index (χ1) is 12.7. The van der Waals surface area contributed by atoms with Crippen molar-refractivity contribution in [1.29, 1.82) is 0 Å². The predicted molar refractivity (Wildman–Crippen MR) is 106 cm³/mol. The second kappa shape index (κ2) is 8.99. The Morgan fingerprint density at radius 3 is 2.48 bits per heavy atom. The van der Waals surface area contributed by atoms with E-state index in [1.165, 1.54) is 11.3 Å². The smallest absolute Gasteiger partial charge is 0.308 e. The van der Waals surface area contributed by atoms with Crippen molar-refractivity contribution in [3.63, 3.8) is 0 Å². The molecule has 0 saturated heterocycles. The van der Waals surface area contributed by atoms with Crippen LogP contribution < -0.4 is 10.1 Å². The summed E-state index contributed by atoms with van der Waals surface area (Å²) in [6, 6.07) is 7.35. The molecule has 0 radical (unpaired) electrons. The Labute approximate surface area is 163 Å². The number of carboxylic acids is 1. The molecular formula is C20H26N2O4S. The van der Waals surface area contributed by atoms with E-state index in [0.29, 0.717) is 17.9 Å². The normalized spacial score (nSPS) is 12.4. The molecule has 1 amide bonds. The molecule has 0 saturated carbocycles. The number of thiazole rings is 1. The van der Waals surface area contributed by atoms with Crippen molar-refractivity contribution >= 4 is 23.2 Å². The van der Waals surface area contributed by atoms with Crippen molar-refractivity contribution in [2.45, 2.75) is 39.5 Å². The summed E-state index contributed by atoms with van der Waals surface area (Å²) in [6.07, 6.45) is 0.330. The van der Waals surface area contributed by atoms with Crippen LogP contribution in [-0.4, -0.2) is 35.1 Å². The number of hydrogen-bond donors (Lipinski definition) is 2. The highest BCUT2D eigenvalue weighted by Crippen LogP contribution is 2.27. The number of carboxylic acid groups (broad SMARTS) is 1. The third-order valence-corrected chi connectivity index (χ3v) is 4.88. The summed E-state index contributed by atoms with van der Waals surface area (Å²) >= 11 is 1.27. The zero-order valence-corrected chi connectivity index (χ0v) is 16.9. The minimum atomic E-state index is -0.940. The van der Waals surface area contributed by atoms with E-state index in [4.69, 9.17) is 4.74 Å². The van der Waals surface area contributed by atoms with E-state index >= 15 is 0 Å². The first kappa shape index (κ1) is 20.9. The fourth-order valence-corrected chi connectivity index (χ4v) is 3.57. The van der Waals surface area contributed by atoms with Gasteiger partial charge in [-0.2, -0.15) is 0 Å². The number of hydrogen-bond acceptors (Lipinski definition) is 5. The molecule has 1 atom stereocenters. The van der Waals surface area contributed by atoms with Crippen LogP contribution in [0.4, 0.5) is 0 Å². The van der Waals surface area contributed by atoms with Crippen molar-refractivity contribution in [2.24, 2.45) is 5.92 Å². The fourth-order valence-electron chi connectivity index (χ4n) is 2.66. The van der Waals surface area contributed by atoms with E-state index in [2.05, 4.69) is 10.3 Å². The zero-order chi connectivity index (χ0) is 20.0. The zero-order valence-electron chi connectivity index (χ0n) is 16.1. The van der Waals surface area contributed by atoms with Gasteiger partial charge in [0.15, 0.2) is 0 Å². The quantitative estimate of drug-likeness (QED) is 0.720. The molecule has 1 heterocycles. The summed E-state index contributed by atoms with van der Waals surface area (Å²) in [5.74, 6) is -1.18. The number of rotatable bonds is 8. The van der Waals surface area contributed by atoms with Crippen molar-refractivity contribution in [2.75, 3.05) is 13.2 Å². The first-order valence-electron chi connectivity index (χ1n) is 8.89. The van der Waals surface area contributed by atoms with Gasteiger partial charge in [-0.3, -0.25) is 9.59 Å². The molecule has 0 fully saturated rings. The molecule has 1 aromatic carbocycles. The van der Waals surface area contributed by atoms with Crippen molar-refractivity contribution in [3.05, 3.63) is 45.9 Å². The standard InChI is InChI=1S/C20H26N2O4S/c1-5-26-15-8-6-13(7-9-15)10-14(19(24)25)11-21-18(23)16-17(20(2,3)4)22-12-27-16/h6-9,12,14H,5,10-11H2,1-4H3,(H,21,23)(H,24,25). The summed E-state index contributed by atoms with van der Waals surface area (Å²) in [6.45, 7) is 8.52. The lowest BCUT2D eigenvalue weighted by Crippen LogP contribution is -2.34. The minimum absolute atomic E-state index is 0.0584. The van der Waals surface area contributed by atoms with Crippen LogP contribution in [0.25, 0.3) is 0 Å². The van der Waals surface area contributed by atoms with Gasteiger partial charge in [0.2, 0.25) is 0 Å². The second-order valence-corrected chi connectivity index (χ2v) is 8.16. The molecule has 0 aliphatic carbocycles. The van der Waals surface area contributed by atoms with Gasteiger partial charge in [0.25, 0.3) is 5.91 Å². The molecule has 2 N–H and O–H groups in total. The number of nitrogens with one attached hydrogen (secondary N) is 1. The molecule has 2 aromatic rings. The highest BCUT2D eigenvalue weighted by molar-refractivity contribution is 7.11. The Morgan fingerprint density at radius 1 is 1.26 bits per heavy atom. The SMILES string of the molecule is CCOc1ccc(CC(CNC(=O)c2scnc2C(C)(C)C)C(=O)O)cc1. The Hall–Kier alpha value is -2.41. The van der Waals surface area contributed by atoms with Crippen LogP contribution in [0, 0.1) is 5.92 Å². The van der Waals surface area contributed by atoms with Crippen LogP contribution >= 0.6 is 11.3 Å². The molecule has 146 valence electrons. The van der Waals surface area contributed by atoms with Crippen LogP contribution in [0.3, 0.4) is 0 Å². The molecule has 1 aromatic heterocycles. The number of ether oxygens (including phenoxy) is 1. The second-order valence-electron chi connectivity index (χ2n) is 7.31. The Bertz CT molecular complexity index is 778. The lowest BCUT2D eigenvalue weighted by molar-refractivity contribution is -0.141. The van der Waals surface area contributed by atoms with E-state index < -0.39 is 11.9 Å². The van der Waals surface area contributed by atoms with Gasteiger partial charge in [-0.1, -0.05) is 32.9 Å². The Morgan fingerprint density at radius 2 is 1.93 bits per heavy atom. The van der Waals surface area contributed by atoms with Crippen LogP contribution in [-0.2, 0) is 16.6 Å². The van der Waals surface area contributed by atoms with Gasteiger partial charge in [-0.15, -0.1) is 11.3 Å². The molecule has 0 bridgehead atoms. The van der Waals surface area contributed by atoms with Crippen molar-refractivity contribution in [3.8, 4) is 5.75 Å². The topological polar surface area (TPSA) is 88.5 Å². The fraction of sp³-hybridized carbons (Fsp3) is 0.450. The number of carbonyl (C=O) groups is 2. The van der Waals surface area contributed by atoms with E-state index in [1.54, 1.807) is 5.51 Å². The number of aliphatic carboxylic acids is 1. The number of amides is 1. The molecule has 2 rings (SSSR count). The van der Waals surface area contributed by atoms with E-state index in [0.717, 1.165) is 17.0 Å². The minimum Gasteiger partial charge on any atom is -0.494 e. The lowest BCUT2D eigenvalue weighted by Gasteiger charge is -2.18. The average molecular weight is 391 g/mol. The van der Waals surface area contributed by atoms with Crippen molar-refractivity contribution in [1.82, 2.24) is 10.3 Å². The van der Waals surface area contributed by atoms with Gasteiger partial charge < -0.3 is 15.2 Å². The van der Waals surface area contributed by atoms with Crippen LogP contribution in [0.1, 0.15) is 48.6 Å². The van der Waals surface area contributed by atoms with Crippen LogP contribution in [0.2, 0.25) is 0 Å². The maximum absolute atomic E-state index is 12.5. The number of aromatic nitrogens is 1. The maximum Gasteiger partial charge on any atom is 0.308 e. The summed E-state index contributed by atoms with van der Waals surface area (Å²) in [5.41, 5.74) is 3.00. The molecular weight excluding hydrogens is 364 g/mol. The van der Waals surface area contributed by atoms with Gasteiger partial charge in [0, 0.05) is 12.0 Å². The summed E-state index contributed by atoms with van der Waals surface area (Å²) < 4.78 is 5.39. The average Bonchev–Trinajstić information content (AvgIpc) is 3.10. The Balaban J connectivity index is 2.01. The summed E-state index contributed by atoms with van der Waals surface area (Å²) in [4.78, 5) is 29.0. The van der Waals surface area contributed by atoms with E-state index in [-0.39, 0.29) is 17.9 Å². The predicted octanol–water partition coefficient (Wildman–Crippen LogP) is 3.51. The van der Waals surface area contributed by atoms with Crippen molar-refractivity contribution < 1.29 is 19.4 Å². The largest absolute Gasteiger partial charge is 0.494 e. The highest BCUT2D eigenvalue weighted by atomic mass is 32.1.